The van der Waals surface area contributed by atoms with Gasteiger partial charge >= 0.3 is 0 Å². The molecule has 0 saturated heterocycles. The van der Waals surface area contributed by atoms with Crippen LogP contribution in [0.4, 0.5) is 8.78 Å². The zero-order valence-electron chi connectivity index (χ0n) is 21.2. The Morgan fingerprint density at radius 3 is 2.79 bits per heavy atom. The molecule has 2 aromatic heterocycles. The molecule has 8 heteroatoms. The van der Waals surface area contributed by atoms with Gasteiger partial charge in [0.05, 0.1) is 24.3 Å². The summed E-state index contributed by atoms with van der Waals surface area (Å²) in [6.07, 6.45) is 3.21. The van der Waals surface area contributed by atoms with Gasteiger partial charge in [0, 0.05) is 42.3 Å². The van der Waals surface area contributed by atoms with Crippen molar-refractivity contribution in [3.63, 3.8) is 0 Å². The predicted octanol–water partition coefficient (Wildman–Crippen LogP) is 6.91. The molecule has 1 saturated carbocycles. The van der Waals surface area contributed by atoms with Gasteiger partial charge in [-0.3, -0.25) is 9.78 Å². The summed E-state index contributed by atoms with van der Waals surface area (Å²) in [6, 6.07) is 16.4. The second kappa shape index (κ2) is 10.3. The van der Waals surface area contributed by atoms with Crippen LogP contribution in [-0.4, -0.2) is 30.5 Å². The number of hydrogen-bond donors (Lipinski definition) is 1. The highest BCUT2D eigenvalue weighted by atomic mass is 19.3. The van der Waals surface area contributed by atoms with Crippen LogP contribution in [0, 0.1) is 24.2 Å². The summed E-state index contributed by atoms with van der Waals surface area (Å²) in [4.78, 5) is 17.2. The molecule has 38 heavy (non-hydrogen) atoms. The number of nitrogens with zero attached hydrogens (tertiary/aromatic N) is 2. The maximum atomic E-state index is 14.2. The lowest BCUT2D eigenvalue weighted by Gasteiger charge is -2.31. The maximum absolute atomic E-state index is 14.2. The first-order valence-corrected chi connectivity index (χ1v) is 12.5. The number of amides is 1. The number of nitrogens with one attached hydrogen (secondary N) is 1. The second-order valence-corrected chi connectivity index (χ2v) is 9.65. The van der Waals surface area contributed by atoms with E-state index in [1.807, 2.05) is 31.2 Å². The summed E-state index contributed by atoms with van der Waals surface area (Å²) in [5.74, 6) is -3.13. The molecule has 0 bridgehead atoms. The normalized spacial score (nSPS) is 16.7. The Balaban J connectivity index is 1.42. The van der Waals surface area contributed by atoms with Crippen LogP contribution >= 0.6 is 0 Å². The minimum absolute atomic E-state index is 0.0690. The molecule has 1 aliphatic carbocycles. The van der Waals surface area contributed by atoms with Crippen LogP contribution in [0.15, 0.2) is 59.1 Å². The number of carbonyl (C=O) groups excluding carboxylic acids is 1. The number of alkyl halides is 2. The molecule has 1 unspecified atom stereocenters. The van der Waals surface area contributed by atoms with Gasteiger partial charge in [0.15, 0.2) is 5.58 Å². The van der Waals surface area contributed by atoms with Gasteiger partial charge in [-0.1, -0.05) is 18.6 Å². The number of rotatable bonds is 6. The van der Waals surface area contributed by atoms with Crippen LogP contribution < -0.4 is 10.1 Å². The third-order valence-corrected chi connectivity index (χ3v) is 7.23. The van der Waals surface area contributed by atoms with Gasteiger partial charge < -0.3 is 14.5 Å². The Hall–Kier alpha value is -4.25. The monoisotopic (exact) mass is 515 g/mol. The highest BCUT2D eigenvalue weighted by Gasteiger charge is 2.41. The fourth-order valence-corrected chi connectivity index (χ4v) is 4.98. The zero-order valence-corrected chi connectivity index (χ0v) is 21.2. The number of carbonyl (C=O) groups is 1. The predicted molar refractivity (Wildman–Crippen MR) is 140 cm³/mol. The van der Waals surface area contributed by atoms with E-state index in [2.05, 4.69) is 16.4 Å². The highest BCUT2D eigenvalue weighted by Crippen LogP contribution is 2.39. The van der Waals surface area contributed by atoms with Gasteiger partial charge in [-0.2, -0.15) is 5.26 Å². The van der Waals surface area contributed by atoms with Crippen LogP contribution in [0.5, 0.6) is 5.75 Å². The molecule has 1 aliphatic rings. The molecule has 5 rings (SSSR count). The Morgan fingerprint density at radius 2 is 2.03 bits per heavy atom. The minimum Gasteiger partial charge on any atom is -0.496 e. The van der Waals surface area contributed by atoms with Crippen molar-refractivity contribution in [2.45, 2.75) is 38.5 Å². The number of fused-ring (bicyclic) bond motifs is 1. The average molecular weight is 516 g/mol. The van der Waals surface area contributed by atoms with Crippen molar-refractivity contribution in [2.24, 2.45) is 5.92 Å². The van der Waals surface area contributed by atoms with Crippen LogP contribution in [0.2, 0.25) is 0 Å². The molecule has 0 radical (unpaired) electrons. The van der Waals surface area contributed by atoms with E-state index in [0.29, 0.717) is 52.1 Å². The van der Waals surface area contributed by atoms with Gasteiger partial charge in [-0.25, -0.2) is 8.78 Å². The first-order valence-electron chi connectivity index (χ1n) is 12.5. The lowest BCUT2D eigenvalue weighted by atomic mass is 9.85. The topological polar surface area (TPSA) is 88.1 Å². The summed E-state index contributed by atoms with van der Waals surface area (Å²) in [5, 5.41) is 12.1. The largest absolute Gasteiger partial charge is 0.496 e. The number of hydrogen-bond acceptors (Lipinski definition) is 5. The SMILES string of the molecule is COc1cc(C(=O)NCC2CCCCC2(F)F)ccc1-c1cc2nccc(-c3ccc(C)c(C#N)c3)c2o1. The average Bonchev–Trinajstić information content (AvgIpc) is 3.36. The summed E-state index contributed by atoms with van der Waals surface area (Å²) in [7, 11) is 1.49. The van der Waals surface area contributed by atoms with E-state index in [4.69, 9.17) is 9.15 Å². The van der Waals surface area contributed by atoms with Crippen molar-refractivity contribution in [3.05, 3.63) is 71.4 Å². The quantitative estimate of drug-likeness (QED) is 0.302. The van der Waals surface area contributed by atoms with E-state index in [0.717, 1.165) is 23.1 Å². The van der Waals surface area contributed by atoms with Gasteiger partial charge in [0.25, 0.3) is 11.8 Å². The zero-order chi connectivity index (χ0) is 26.9. The molecule has 194 valence electrons. The lowest BCUT2D eigenvalue weighted by Crippen LogP contribution is -2.40. The van der Waals surface area contributed by atoms with Crippen molar-refractivity contribution in [1.82, 2.24) is 10.3 Å². The van der Waals surface area contributed by atoms with Crippen LogP contribution in [-0.2, 0) is 0 Å². The number of benzene rings is 2. The fourth-order valence-electron chi connectivity index (χ4n) is 4.98. The van der Waals surface area contributed by atoms with Crippen LogP contribution in [0.3, 0.4) is 0 Å². The maximum Gasteiger partial charge on any atom is 0.252 e. The van der Waals surface area contributed by atoms with Crippen molar-refractivity contribution in [1.29, 1.82) is 5.26 Å². The van der Waals surface area contributed by atoms with E-state index >= 15 is 0 Å². The second-order valence-electron chi connectivity index (χ2n) is 9.65. The Labute approximate surface area is 219 Å². The molecule has 2 heterocycles. The van der Waals surface area contributed by atoms with Crippen LogP contribution in [0.25, 0.3) is 33.6 Å². The van der Waals surface area contributed by atoms with Crippen molar-refractivity contribution >= 4 is 17.0 Å². The lowest BCUT2D eigenvalue weighted by molar-refractivity contribution is -0.0835. The molecule has 2 aromatic carbocycles. The number of aromatic nitrogens is 1. The summed E-state index contributed by atoms with van der Waals surface area (Å²) in [5.41, 5.74) is 5.23. The molecule has 4 aromatic rings. The number of ether oxygens (including phenoxy) is 1. The number of nitriles is 1. The first-order chi connectivity index (χ1) is 18.3. The van der Waals surface area contributed by atoms with Gasteiger partial charge in [-0.05, 0) is 61.2 Å². The fraction of sp³-hybridized carbons (Fsp3) is 0.300. The molecule has 1 amide bonds. The van der Waals surface area contributed by atoms with Gasteiger partial charge in [-0.15, -0.1) is 0 Å². The Kier molecular flexibility index (Phi) is 6.85. The van der Waals surface area contributed by atoms with E-state index in [1.165, 1.54) is 7.11 Å². The van der Waals surface area contributed by atoms with Crippen LogP contribution in [0.1, 0.15) is 47.2 Å². The molecule has 0 aliphatic heterocycles. The van der Waals surface area contributed by atoms with Crippen molar-refractivity contribution < 1.29 is 22.7 Å². The number of halogens is 2. The smallest absolute Gasteiger partial charge is 0.252 e. The first kappa shape index (κ1) is 25.4. The van der Waals surface area contributed by atoms with E-state index in [9.17, 15) is 18.8 Å². The third-order valence-electron chi connectivity index (χ3n) is 7.23. The molecule has 1 atom stereocenters. The molecule has 1 N–H and O–H groups in total. The summed E-state index contributed by atoms with van der Waals surface area (Å²) in [6.45, 7) is 1.82. The van der Waals surface area contributed by atoms with Crippen molar-refractivity contribution in [3.8, 4) is 34.3 Å². The molecule has 1 fully saturated rings. The van der Waals surface area contributed by atoms with E-state index in [-0.39, 0.29) is 13.0 Å². The summed E-state index contributed by atoms with van der Waals surface area (Å²) >= 11 is 0. The molecular formula is C30H27F2N3O3. The number of pyridine rings is 1. The van der Waals surface area contributed by atoms with Crippen molar-refractivity contribution in [2.75, 3.05) is 13.7 Å². The Bertz CT molecular complexity index is 1550. The summed E-state index contributed by atoms with van der Waals surface area (Å²) < 4.78 is 40.1. The molecular weight excluding hydrogens is 488 g/mol. The highest BCUT2D eigenvalue weighted by molar-refractivity contribution is 5.96. The van der Waals surface area contributed by atoms with Gasteiger partial charge in [0.1, 0.15) is 17.0 Å². The number of methoxy groups -OCH3 is 1. The number of aryl methyl sites for hydroxylation is 1. The standard InChI is InChI=1S/C30H27F2N3O3/c1-18-6-7-19(13-21(18)16-33)23-10-12-34-25-15-27(38-28(23)25)24-9-8-20(14-26(24)37-2)29(36)35-17-22-5-3-4-11-30(22,31)32/h6-10,12-15,22H,3-5,11,17H2,1-2H3,(H,35,36). The molecule has 6 nitrogen and oxygen atoms in total. The molecule has 0 spiro atoms. The van der Waals surface area contributed by atoms with E-state index < -0.39 is 17.7 Å². The minimum atomic E-state index is -2.75. The Morgan fingerprint density at radius 1 is 1.18 bits per heavy atom. The number of furan rings is 1. The van der Waals surface area contributed by atoms with E-state index in [1.54, 1.807) is 30.5 Å². The third kappa shape index (κ3) is 4.84. The van der Waals surface area contributed by atoms with Gasteiger partial charge in [0.2, 0.25) is 0 Å².